The molecule has 8 nitrogen and oxygen atoms in total. The van der Waals surface area contributed by atoms with Gasteiger partial charge in [-0.25, -0.2) is 9.78 Å². The Labute approximate surface area is 245 Å². The number of carboxylic acids is 1. The summed E-state index contributed by atoms with van der Waals surface area (Å²) in [7, 11) is 0. The highest BCUT2D eigenvalue weighted by Gasteiger charge is 2.40. The van der Waals surface area contributed by atoms with Gasteiger partial charge in [-0.2, -0.15) is 0 Å². The molecule has 1 aliphatic carbocycles. The maximum Gasteiger partial charge on any atom is 0.337 e. The van der Waals surface area contributed by atoms with Crippen LogP contribution in [0.2, 0.25) is 15.1 Å². The van der Waals surface area contributed by atoms with Crippen molar-refractivity contribution in [1.29, 1.82) is 0 Å². The zero-order chi connectivity index (χ0) is 28.0. The first kappa shape index (κ1) is 26.9. The molecule has 2 N–H and O–H groups in total. The maximum atomic E-state index is 11.5. The molecular formula is C29H24Cl3N3O5. The van der Waals surface area contributed by atoms with Crippen LogP contribution in [0, 0.1) is 0 Å². The molecule has 1 aliphatic heterocycles. The molecule has 0 spiro atoms. The first-order chi connectivity index (χ1) is 19.2. The highest BCUT2D eigenvalue weighted by molar-refractivity contribution is 6.39. The Morgan fingerprint density at radius 2 is 1.88 bits per heavy atom. The van der Waals surface area contributed by atoms with Gasteiger partial charge in [0.05, 0.1) is 32.7 Å². The van der Waals surface area contributed by atoms with E-state index in [9.17, 15) is 9.90 Å². The number of hydrogen-bond donors (Lipinski definition) is 2. The highest BCUT2D eigenvalue weighted by atomic mass is 35.5. The van der Waals surface area contributed by atoms with Gasteiger partial charge in [-0.05, 0) is 55.7 Å². The van der Waals surface area contributed by atoms with Crippen LogP contribution in [0.3, 0.4) is 0 Å². The minimum Gasteiger partial charge on any atom is -0.489 e. The molecule has 40 heavy (non-hydrogen) atoms. The largest absolute Gasteiger partial charge is 0.489 e. The quantitative estimate of drug-likeness (QED) is 0.224. The van der Waals surface area contributed by atoms with Gasteiger partial charge >= 0.3 is 5.97 Å². The fourth-order valence-corrected chi connectivity index (χ4v) is 6.00. The van der Waals surface area contributed by atoms with Crippen LogP contribution in [0.1, 0.15) is 52.4 Å². The molecular weight excluding hydrogens is 577 g/mol. The average Bonchev–Trinajstić information content (AvgIpc) is 3.57. The van der Waals surface area contributed by atoms with Crippen LogP contribution in [0.25, 0.3) is 11.3 Å². The second-order valence-corrected chi connectivity index (χ2v) is 11.3. The molecule has 11 heteroatoms. The Balaban J connectivity index is 1.20. The molecule has 1 atom stereocenters. The van der Waals surface area contributed by atoms with E-state index in [2.05, 4.69) is 10.1 Å². The van der Waals surface area contributed by atoms with E-state index in [-0.39, 0.29) is 18.7 Å². The topological polar surface area (TPSA) is 109 Å². The monoisotopic (exact) mass is 599 g/mol. The van der Waals surface area contributed by atoms with E-state index < -0.39 is 11.6 Å². The van der Waals surface area contributed by atoms with E-state index >= 15 is 0 Å². The number of pyridine rings is 1. The van der Waals surface area contributed by atoms with Gasteiger partial charge in [-0.1, -0.05) is 52.1 Å². The number of benzene rings is 2. The van der Waals surface area contributed by atoms with Crippen LogP contribution in [0.4, 0.5) is 5.82 Å². The lowest BCUT2D eigenvalue weighted by atomic mass is 9.93. The van der Waals surface area contributed by atoms with Crippen LogP contribution < -0.4 is 9.64 Å². The summed E-state index contributed by atoms with van der Waals surface area (Å²) < 4.78 is 11.9. The fraction of sp³-hybridized carbons (Fsp3) is 0.276. The minimum absolute atomic E-state index is 0.106. The predicted molar refractivity (Wildman–Crippen MR) is 152 cm³/mol. The predicted octanol–water partition coefficient (Wildman–Crippen LogP) is 6.95. The van der Waals surface area contributed by atoms with Gasteiger partial charge in [-0.3, -0.25) is 0 Å². The summed E-state index contributed by atoms with van der Waals surface area (Å²) >= 11 is 19.6. The molecule has 1 saturated carbocycles. The molecule has 2 aliphatic rings. The number of halogens is 3. The summed E-state index contributed by atoms with van der Waals surface area (Å²) in [5, 5.41) is 26.2. The molecule has 1 unspecified atom stereocenters. The van der Waals surface area contributed by atoms with E-state index in [4.69, 9.17) is 49.2 Å². The van der Waals surface area contributed by atoms with Gasteiger partial charge < -0.3 is 24.4 Å². The Bertz CT molecular complexity index is 1570. The van der Waals surface area contributed by atoms with Gasteiger partial charge in [0.25, 0.3) is 0 Å². The fourth-order valence-electron chi connectivity index (χ4n) is 5.08. The smallest absolute Gasteiger partial charge is 0.337 e. The number of aliphatic hydroxyl groups is 1. The number of anilines is 1. The Morgan fingerprint density at radius 1 is 1.10 bits per heavy atom. The average molecular weight is 601 g/mol. The zero-order valence-electron chi connectivity index (χ0n) is 21.1. The molecule has 1 saturated heterocycles. The lowest BCUT2D eigenvalue weighted by molar-refractivity contribution is 0.0606. The third kappa shape index (κ3) is 5.12. The maximum absolute atomic E-state index is 11.5. The van der Waals surface area contributed by atoms with Gasteiger partial charge in [-0.15, -0.1) is 0 Å². The van der Waals surface area contributed by atoms with Crippen molar-refractivity contribution in [2.75, 3.05) is 18.0 Å². The number of nitrogens with zero attached hydrogens (tertiary/aromatic N) is 3. The first-order valence-electron chi connectivity index (χ1n) is 12.8. The van der Waals surface area contributed by atoms with E-state index in [1.165, 1.54) is 12.3 Å². The summed E-state index contributed by atoms with van der Waals surface area (Å²) in [5.41, 5.74) is 1.45. The highest BCUT2D eigenvalue weighted by Crippen LogP contribution is 2.46. The molecule has 4 aromatic rings. The van der Waals surface area contributed by atoms with Crippen LogP contribution in [-0.4, -0.2) is 39.4 Å². The van der Waals surface area contributed by atoms with E-state index in [1.807, 2.05) is 4.90 Å². The molecule has 2 aromatic heterocycles. The number of β-amino-alcohol motifs (C(OH)–C–C–N with tert-alkyl or cyclic N) is 1. The summed E-state index contributed by atoms with van der Waals surface area (Å²) in [5.74, 6) is 1.15. The summed E-state index contributed by atoms with van der Waals surface area (Å²) in [6, 6.07) is 13.6. The van der Waals surface area contributed by atoms with Crippen molar-refractivity contribution < 1.29 is 24.3 Å². The summed E-state index contributed by atoms with van der Waals surface area (Å²) in [4.78, 5) is 17.3. The van der Waals surface area contributed by atoms with Crippen molar-refractivity contribution in [1.82, 2.24) is 10.1 Å². The van der Waals surface area contributed by atoms with E-state index in [0.29, 0.717) is 62.3 Å². The zero-order valence-corrected chi connectivity index (χ0v) is 23.4. The lowest BCUT2D eigenvalue weighted by Gasteiger charge is -2.25. The lowest BCUT2D eigenvalue weighted by Crippen LogP contribution is -2.31. The number of hydrogen-bond acceptors (Lipinski definition) is 7. The molecule has 206 valence electrons. The normalized spacial score (nSPS) is 18.8. The van der Waals surface area contributed by atoms with Crippen molar-refractivity contribution in [3.05, 3.63) is 92.2 Å². The Morgan fingerprint density at radius 3 is 2.52 bits per heavy atom. The number of aromatic carboxylic acids is 1. The van der Waals surface area contributed by atoms with Crippen molar-refractivity contribution in [3.8, 4) is 17.0 Å². The summed E-state index contributed by atoms with van der Waals surface area (Å²) in [6.45, 7) is 0.979. The number of ether oxygens (including phenoxy) is 1. The Hall–Kier alpha value is -3.30. The molecule has 6 rings (SSSR count). The van der Waals surface area contributed by atoms with E-state index in [1.54, 1.807) is 42.5 Å². The third-order valence-corrected chi connectivity index (χ3v) is 8.30. The first-order valence-corrected chi connectivity index (χ1v) is 13.9. The number of rotatable bonds is 8. The third-order valence-electron chi connectivity index (χ3n) is 7.36. The molecule has 0 radical (unpaired) electrons. The van der Waals surface area contributed by atoms with Crippen molar-refractivity contribution in [2.24, 2.45) is 0 Å². The van der Waals surface area contributed by atoms with Crippen molar-refractivity contribution in [2.45, 2.75) is 37.4 Å². The van der Waals surface area contributed by atoms with Crippen LogP contribution in [-0.2, 0) is 12.2 Å². The van der Waals surface area contributed by atoms with Gasteiger partial charge in [0.15, 0.2) is 0 Å². The van der Waals surface area contributed by atoms with Gasteiger partial charge in [0.1, 0.15) is 35.2 Å². The van der Waals surface area contributed by atoms with Crippen molar-refractivity contribution >= 4 is 46.6 Å². The van der Waals surface area contributed by atoms with Crippen LogP contribution in [0.15, 0.2) is 59.3 Å². The SMILES string of the molecule is O=C(O)c1ccc(N2CCC(O)(c3ccc(OCc4c(-c5c(Cl)cccc5Cl)noc4C4CC4)cc3Cl)C2)nc1. The van der Waals surface area contributed by atoms with Gasteiger partial charge in [0, 0.05) is 29.8 Å². The number of aromatic nitrogens is 2. The molecule has 0 bridgehead atoms. The van der Waals surface area contributed by atoms with Crippen molar-refractivity contribution in [3.63, 3.8) is 0 Å². The van der Waals surface area contributed by atoms with Crippen LogP contribution >= 0.6 is 34.8 Å². The molecule has 2 fully saturated rings. The Kier molecular flexibility index (Phi) is 7.12. The number of carbonyl (C=O) groups is 1. The molecule has 0 amide bonds. The second-order valence-electron chi connectivity index (χ2n) is 10.1. The van der Waals surface area contributed by atoms with E-state index in [0.717, 1.165) is 24.2 Å². The molecule has 2 aromatic carbocycles. The minimum atomic E-state index is -1.20. The van der Waals surface area contributed by atoms with Gasteiger partial charge in [0.2, 0.25) is 0 Å². The standard InChI is InChI=1S/C29H24Cl3N3O5/c30-21-2-1-3-22(31)25(21)26-19(27(40-34-26)16-4-5-16)14-39-18-7-8-20(23(32)12-18)29(38)10-11-35(15-29)24-9-6-17(13-33-24)28(36)37/h1-3,6-9,12-13,16,38H,4-5,10-11,14-15H2,(H,36,37). The molecule has 3 heterocycles. The second kappa shape index (κ2) is 10.6. The number of carboxylic acid groups (broad SMARTS) is 1. The van der Waals surface area contributed by atoms with Crippen LogP contribution in [0.5, 0.6) is 5.75 Å². The summed E-state index contributed by atoms with van der Waals surface area (Å²) in [6.07, 6.45) is 3.78.